The number of hydrogen-bond donors (Lipinski definition) is 1. The van der Waals surface area contributed by atoms with Gasteiger partial charge in [-0.1, -0.05) is 19.9 Å². The largest absolute Gasteiger partial charge is 0.496 e. The molecule has 0 radical (unpaired) electrons. The molecule has 1 rings (SSSR count). The van der Waals surface area contributed by atoms with Crippen molar-refractivity contribution in [1.82, 2.24) is 0 Å². The maximum atomic E-state index is 9.33. The van der Waals surface area contributed by atoms with Crippen LogP contribution in [0.25, 0.3) is 0 Å². The van der Waals surface area contributed by atoms with Crippen LogP contribution in [-0.4, -0.2) is 24.1 Å². The molecule has 0 aliphatic carbocycles. The molecule has 16 heavy (non-hydrogen) atoms. The fourth-order valence-corrected chi connectivity index (χ4v) is 2.62. The van der Waals surface area contributed by atoms with Gasteiger partial charge in [0.2, 0.25) is 0 Å². The highest BCUT2D eigenvalue weighted by Gasteiger charge is 2.16. The van der Waals surface area contributed by atoms with Crippen LogP contribution in [0.4, 0.5) is 0 Å². The number of aryl methyl sites for hydroxylation is 1. The quantitative estimate of drug-likeness (QED) is 0.802. The molecule has 1 atom stereocenters. The van der Waals surface area contributed by atoms with Gasteiger partial charge in [0.15, 0.2) is 0 Å². The van der Waals surface area contributed by atoms with E-state index in [0.29, 0.717) is 5.92 Å². The molecule has 0 aromatic heterocycles. The maximum absolute atomic E-state index is 9.33. The minimum atomic E-state index is 0.194. The van der Waals surface area contributed by atoms with Gasteiger partial charge in [-0.2, -0.15) is 0 Å². The van der Waals surface area contributed by atoms with Crippen molar-refractivity contribution in [3.8, 4) is 5.75 Å². The van der Waals surface area contributed by atoms with Crippen molar-refractivity contribution in [3.63, 3.8) is 0 Å². The SMILES string of the molecule is COc1ccc(C)cc1SC(CO)C(C)C. The van der Waals surface area contributed by atoms with Gasteiger partial charge in [0.1, 0.15) is 5.75 Å². The zero-order valence-corrected chi connectivity index (χ0v) is 11.2. The second-order valence-corrected chi connectivity index (χ2v) is 5.52. The lowest BCUT2D eigenvalue weighted by Crippen LogP contribution is -2.15. The number of hydrogen-bond acceptors (Lipinski definition) is 3. The minimum absolute atomic E-state index is 0.194. The molecule has 90 valence electrons. The monoisotopic (exact) mass is 240 g/mol. The highest BCUT2D eigenvalue weighted by molar-refractivity contribution is 8.00. The smallest absolute Gasteiger partial charge is 0.132 e. The molecule has 1 aromatic rings. The number of benzene rings is 1. The summed E-state index contributed by atoms with van der Waals surface area (Å²) >= 11 is 1.69. The summed E-state index contributed by atoms with van der Waals surface area (Å²) in [4.78, 5) is 1.11. The zero-order chi connectivity index (χ0) is 12.1. The van der Waals surface area contributed by atoms with E-state index in [9.17, 15) is 5.11 Å². The van der Waals surface area contributed by atoms with Crippen molar-refractivity contribution in [2.45, 2.75) is 30.9 Å². The van der Waals surface area contributed by atoms with Gasteiger partial charge in [-0.05, 0) is 30.5 Å². The summed E-state index contributed by atoms with van der Waals surface area (Å²) in [6.07, 6.45) is 0. The summed E-state index contributed by atoms with van der Waals surface area (Å²) in [6.45, 7) is 6.50. The average molecular weight is 240 g/mol. The standard InChI is InChI=1S/C13H20O2S/c1-9(2)13(8-14)16-12-7-10(3)5-6-11(12)15-4/h5-7,9,13-14H,8H2,1-4H3. The summed E-state index contributed by atoms with van der Waals surface area (Å²) in [5.41, 5.74) is 1.21. The van der Waals surface area contributed by atoms with Crippen LogP contribution in [0.15, 0.2) is 23.1 Å². The highest BCUT2D eigenvalue weighted by atomic mass is 32.2. The Morgan fingerprint density at radius 3 is 2.56 bits per heavy atom. The number of aliphatic hydroxyl groups is 1. The fourth-order valence-electron chi connectivity index (χ4n) is 1.42. The second-order valence-electron chi connectivity index (χ2n) is 4.24. The molecule has 0 fully saturated rings. The fraction of sp³-hybridized carbons (Fsp3) is 0.538. The van der Waals surface area contributed by atoms with Gasteiger partial charge in [-0.3, -0.25) is 0 Å². The molecule has 1 N–H and O–H groups in total. The lowest BCUT2D eigenvalue weighted by Gasteiger charge is -2.19. The van der Waals surface area contributed by atoms with Crippen molar-refractivity contribution in [3.05, 3.63) is 23.8 Å². The molecule has 0 aliphatic heterocycles. The summed E-state index contributed by atoms with van der Waals surface area (Å²) in [7, 11) is 1.68. The van der Waals surface area contributed by atoms with Crippen LogP contribution in [0.2, 0.25) is 0 Å². The molecule has 1 aromatic carbocycles. The van der Waals surface area contributed by atoms with Crippen molar-refractivity contribution in [2.75, 3.05) is 13.7 Å². The van der Waals surface area contributed by atoms with Crippen LogP contribution in [0.5, 0.6) is 5.75 Å². The summed E-state index contributed by atoms with van der Waals surface area (Å²) in [5.74, 6) is 1.33. The van der Waals surface area contributed by atoms with Gasteiger partial charge in [0.25, 0.3) is 0 Å². The van der Waals surface area contributed by atoms with Gasteiger partial charge in [-0.15, -0.1) is 11.8 Å². The van der Waals surface area contributed by atoms with Crippen LogP contribution in [-0.2, 0) is 0 Å². The Morgan fingerprint density at radius 1 is 1.38 bits per heavy atom. The van der Waals surface area contributed by atoms with E-state index in [0.717, 1.165) is 10.6 Å². The normalized spacial score (nSPS) is 12.9. The van der Waals surface area contributed by atoms with Crippen LogP contribution in [0, 0.1) is 12.8 Å². The molecular formula is C13H20O2S. The first-order valence-electron chi connectivity index (χ1n) is 5.50. The maximum Gasteiger partial charge on any atom is 0.132 e. The van der Waals surface area contributed by atoms with E-state index in [1.165, 1.54) is 5.56 Å². The van der Waals surface area contributed by atoms with Gasteiger partial charge < -0.3 is 9.84 Å². The van der Waals surface area contributed by atoms with Crippen molar-refractivity contribution >= 4 is 11.8 Å². The zero-order valence-electron chi connectivity index (χ0n) is 10.4. The lowest BCUT2D eigenvalue weighted by molar-refractivity contribution is 0.275. The molecule has 0 spiro atoms. The highest BCUT2D eigenvalue weighted by Crippen LogP contribution is 2.35. The Balaban J connectivity index is 2.89. The molecule has 0 saturated carbocycles. The Bertz CT molecular complexity index is 337. The molecule has 1 unspecified atom stereocenters. The molecule has 0 heterocycles. The van der Waals surface area contributed by atoms with E-state index in [-0.39, 0.29) is 11.9 Å². The van der Waals surface area contributed by atoms with E-state index in [1.54, 1.807) is 18.9 Å². The van der Waals surface area contributed by atoms with Crippen LogP contribution >= 0.6 is 11.8 Å². The van der Waals surface area contributed by atoms with Gasteiger partial charge in [0.05, 0.1) is 13.7 Å². The minimum Gasteiger partial charge on any atom is -0.496 e. The number of ether oxygens (including phenoxy) is 1. The van der Waals surface area contributed by atoms with E-state index in [4.69, 9.17) is 4.74 Å². The van der Waals surface area contributed by atoms with E-state index in [1.807, 2.05) is 12.1 Å². The predicted octanol–water partition coefficient (Wildman–Crippen LogP) is 3.11. The third kappa shape index (κ3) is 3.42. The Hall–Kier alpha value is -0.670. The third-order valence-corrected chi connectivity index (χ3v) is 4.09. The van der Waals surface area contributed by atoms with Crippen LogP contribution in [0.1, 0.15) is 19.4 Å². The van der Waals surface area contributed by atoms with Crippen molar-refractivity contribution < 1.29 is 9.84 Å². The molecule has 0 bridgehead atoms. The first kappa shape index (κ1) is 13.4. The number of methoxy groups -OCH3 is 1. The lowest BCUT2D eigenvalue weighted by atomic mass is 10.1. The molecule has 0 saturated heterocycles. The topological polar surface area (TPSA) is 29.5 Å². The first-order valence-corrected chi connectivity index (χ1v) is 6.38. The number of thioether (sulfide) groups is 1. The number of rotatable bonds is 5. The van der Waals surface area contributed by atoms with Crippen molar-refractivity contribution in [2.24, 2.45) is 5.92 Å². The average Bonchev–Trinajstić information content (AvgIpc) is 2.25. The first-order chi connectivity index (χ1) is 7.58. The molecule has 0 amide bonds. The summed E-state index contributed by atoms with van der Waals surface area (Å²) in [6, 6.07) is 6.12. The Morgan fingerprint density at radius 2 is 2.06 bits per heavy atom. The van der Waals surface area contributed by atoms with E-state index >= 15 is 0 Å². The second kappa shape index (κ2) is 6.16. The number of aliphatic hydroxyl groups excluding tert-OH is 1. The predicted molar refractivity (Wildman–Crippen MR) is 69.3 cm³/mol. The molecule has 3 heteroatoms. The van der Waals surface area contributed by atoms with E-state index in [2.05, 4.69) is 26.8 Å². The van der Waals surface area contributed by atoms with Crippen molar-refractivity contribution in [1.29, 1.82) is 0 Å². The Labute approximate surface area is 102 Å². The van der Waals surface area contributed by atoms with Gasteiger partial charge in [-0.25, -0.2) is 0 Å². The van der Waals surface area contributed by atoms with Crippen LogP contribution < -0.4 is 4.74 Å². The molecule has 0 aliphatic rings. The summed E-state index contributed by atoms with van der Waals surface area (Å²) in [5, 5.41) is 9.55. The van der Waals surface area contributed by atoms with Crippen LogP contribution in [0.3, 0.4) is 0 Å². The van der Waals surface area contributed by atoms with Gasteiger partial charge >= 0.3 is 0 Å². The Kier molecular flexibility index (Phi) is 5.16. The van der Waals surface area contributed by atoms with E-state index < -0.39 is 0 Å². The molecule has 2 nitrogen and oxygen atoms in total. The third-order valence-electron chi connectivity index (χ3n) is 2.52. The molecular weight excluding hydrogens is 220 g/mol. The summed E-state index contributed by atoms with van der Waals surface area (Å²) < 4.78 is 5.32. The van der Waals surface area contributed by atoms with Gasteiger partial charge in [0, 0.05) is 10.1 Å².